The SMILES string of the molecule is CC(C)COCCCSC1CC(=O)N(CC(C)(C)C)C1=O. The largest absolute Gasteiger partial charge is 0.381 e. The van der Waals surface area contributed by atoms with E-state index in [0.717, 1.165) is 25.4 Å². The van der Waals surface area contributed by atoms with Gasteiger partial charge in [0.05, 0.1) is 5.25 Å². The number of likely N-dealkylation sites (tertiary alicyclic amines) is 1. The molecule has 1 rings (SSSR count). The molecule has 1 aliphatic heterocycles. The highest BCUT2D eigenvalue weighted by molar-refractivity contribution is 8.00. The molecule has 0 radical (unpaired) electrons. The van der Waals surface area contributed by atoms with Crippen molar-refractivity contribution >= 4 is 23.6 Å². The number of imide groups is 1. The molecule has 0 spiro atoms. The number of carbonyl (C=O) groups is 2. The Bertz CT molecular complexity index is 363. The Morgan fingerprint density at radius 3 is 2.57 bits per heavy atom. The molecule has 1 heterocycles. The molecule has 0 saturated carbocycles. The van der Waals surface area contributed by atoms with Gasteiger partial charge in [0.2, 0.25) is 11.8 Å². The van der Waals surface area contributed by atoms with Gasteiger partial charge in [0.1, 0.15) is 0 Å². The number of nitrogens with zero attached hydrogens (tertiary/aromatic N) is 1. The normalized spacial score (nSPS) is 19.9. The molecule has 122 valence electrons. The van der Waals surface area contributed by atoms with Crippen molar-refractivity contribution in [2.24, 2.45) is 11.3 Å². The molecule has 1 unspecified atom stereocenters. The van der Waals surface area contributed by atoms with Crippen LogP contribution in [0.15, 0.2) is 0 Å². The van der Waals surface area contributed by atoms with Gasteiger partial charge in [-0.3, -0.25) is 14.5 Å². The van der Waals surface area contributed by atoms with Gasteiger partial charge in [0.15, 0.2) is 0 Å². The van der Waals surface area contributed by atoms with E-state index in [1.54, 1.807) is 11.8 Å². The van der Waals surface area contributed by atoms with Crippen molar-refractivity contribution in [2.75, 3.05) is 25.5 Å². The minimum atomic E-state index is -0.190. The van der Waals surface area contributed by atoms with Crippen LogP contribution in [0, 0.1) is 11.3 Å². The summed E-state index contributed by atoms with van der Waals surface area (Å²) in [5, 5.41) is -0.190. The summed E-state index contributed by atoms with van der Waals surface area (Å²) < 4.78 is 5.52. The molecule has 0 N–H and O–H groups in total. The lowest BCUT2D eigenvalue weighted by Crippen LogP contribution is -2.38. The second-order valence-corrected chi connectivity index (χ2v) is 8.58. The van der Waals surface area contributed by atoms with Gasteiger partial charge in [-0.1, -0.05) is 34.6 Å². The van der Waals surface area contributed by atoms with Gasteiger partial charge < -0.3 is 4.74 Å². The Morgan fingerprint density at radius 2 is 2.00 bits per heavy atom. The van der Waals surface area contributed by atoms with Crippen molar-refractivity contribution in [1.29, 1.82) is 0 Å². The topological polar surface area (TPSA) is 46.6 Å². The van der Waals surface area contributed by atoms with Crippen LogP contribution in [0.25, 0.3) is 0 Å². The van der Waals surface area contributed by atoms with Crippen LogP contribution in [0.1, 0.15) is 47.5 Å². The van der Waals surface area contributed by atoms with Crippen molar-refractivity contribution in [1.82, 2.24) is 4.90 Å². The van der Waals surface area contributed by atoms with Gasteiger partial charge in [-0.25, -0.2) is 0 Å². The summed E-state index contributed by atoms with van der Waals surface area (Å²) in [5.41, 5.74) is -0.0461. The molecular formula is C16H29NO3S. The third-order valence-corrected chi connectivity index (χ3v) is 4.33. The van der Waals surface area contributed by atoms with Crippen molar-refractivity contribution in [3.05, 3.63) is 0 Å². The van der Waals surface area contributed by atoms with Crippen LogP contribution >= 0.6 is 11.8 Å². The van der Waals surface area contributed by atoms with E-state index in [1.807, 2.05) is 20.8 Å². The second kappa shape index (κ2) is 8.18. The Balaban J connectivity index is 2.28. The molecule has 2 amide bonds. The van der Waals surface area contributed by atoms with Crippen LogP contribution in [0.5, 0.6) is 0 Å². The molecule has 5 heteroatoms. The summed E-state index contributed by atoms with van der Waals surface area (Å²) in [6, 6.07) is 0. The van der Waals surface area contributed by atoms with Gasteiger partial charge in [-0.2, -0.15) is 0 Å². The summed E-state index contributed by atoms with van der Waals surface area (Å²) in [5.74, 6) is 1.38. The van der Waals surface area contributed by atoms with Gasteiger partial charge in [-0.05, 0) is 23.5 Å². The Kier molecular flexibility index (Phi) is 7.21. The van der Waals surface area contributed by atoms with Crippen molar-refractivity contribution in [2.45, 2.75) is 52.7 Å². The Morgan fingerprint density at radius 1 is 1.33 bits per heavy atom. The van der Waals surface area contributed by atoms with E-state index >= 15 is 0 Å². The smallest absolute Gasteiger partial charge is 0.242 e. The van der Waals surface area contributed by atoms with Gasteiger partial charge in [-0.15, -0.1) is 11.8 Å². The van der Waals surface area contributed by atoms with Crippen LogP contribution in [-0.2, 0) is 14.3 Å². The average molecular weight is 315 g/mol. The molecule has 4 nitrogen and oxygen atoms in total. The third kappa shape index (κ3) is 6.83. The lowest BCUT2D eigenvalue weighted by molar-refractivity contribution is -0.139. The maximum Gasteiger partial charge on any atom is 0.242 e. The molecule has 0 aromatic rings. The zero-order chi connectivity index (χ0) is 16.0. The minimum Gasteiger partial charge on any atom is -0.381 e. The highest BCUT2D eigenvalue weighted by Crippen LogP contribution is 2.28. The number of rotatable bonds is 8. The molecule has 21 heavy (non-hydrogen) atoms. The lowest BCUT2D eigenvalue weighted by Gasteiger charge is -2.25. The second-order valence-electron chi connectivity index (χ2n) is 7.26. The maximum atomic E-state index is 12.3. The van der Waals surface area contributed by atoms with Crippen LogP contribution in [-0.4, -0.2) is 47.5 Å². The van der Waals surface area contributed by atoms with E-state index in [2.05, 4.69) is 13.8 Å². The van der Waals surface area contributed by atoms with Crippen LogP contribution < -0.4 is 0 Å². The summed E-state index contributed by atoms with van der Waals surface area (Å²) in [6.45, 7) is 12.4. The van der Waals surface area contributed by atoms with Crippen molar-refractivity contribution in [3.63, 3.8) is 0 Å². The number of hydrogen-bond donors (Lipinski definition) is 0. The highest BCUT2D eigenvalue weighted by atomic mass is 32.2. The molecule has 1 atom stereocenters. The fourth-order valence-corrected chi connectivity index (χ4v) is 3.23. The van der Waals surface area contributed by atoms with E-state index in [0.29, 0.717) is 18.9 Å². The number of carbonyl (C=O) groups excluding carboxylic acids is 2. The molecule has 0 aliphatic carbocycles. The third-order valence-electron chi connectivity index (χ3n) is 3.04. The van der Waals surface area contributed by atoms with Gasteiger partial charge >= 0.3 is 0 Å². The Hall–Kier alpha value is -0.550. The lowest BCUT2D eigenvalue weighted by atomic mass is 9.96. The van der Waals surface area contributed by atoms with Gasteiger partial charge in [0, 0.05) is 26.2 Å². The monoisotopic (exact) mass is 315 g/mol. The molecule has 1 fully saturated rings. The minimum absolute atomic E-state index is 0.0111. The van der Waals surface area contributed by atoms with Crippen LogP contribution in [0.3, 0.4) is 0 Å². The van der Waals surface area contributed by atoms with E-state index < -0.39 is 0 Å². The van der Waals surface area contributed by atoms with Gasteiger partial charge in [0.25, 0.3) is 0 Å². The zero-order valence-corrected chi connectivity index (χ0v) is 14.8. The standard InChI is InChI=1S/C16H29NO3S/c1-12(2)10-20-7-6-8-21-13-9-14(18)17(15(13)19)11-16(3,4)5/h12-13H,6-11H2,1-5H3. The zero-order valence-electron chi connectivity index (χ0n) is 14.0. The highest BCUT2D eigenvalue weighted by Gasteiger charge is 2.40. The summed E-state index contributed by atoms with van der Waals surface area (Å²) in [7, 11) is 0. The first-order valence-corrected chi connectivity index (χ1v) is 8.79. The van der Waals surface area contributed by atoms with Crippen LogP contribution in [0.4, 0.5) is 0 Å². The molecule has 0 aromatic heterocycles. The quantitative estimate of drug-likeness (QED) is 0.510. The van der Waals surface area contributed by atoms with E-state index in [4.69, 9.17) is 4.74 Å². The maximum absolute atomic E-state index is 12.3. The number of hydrogen-bond acceptors (Lipinski definition) is 4. The van der Waals surface area contributed by atoms with Crippen molar-refractivity contribution in [3.8, 4) is 0 Å². The predicted molar refractivity (Wildman–Crippen MR) is 87.3 cm³/mol. The number of thioether (sulfide) groups is 1. The molecule has 1 saturated heterocycles. The number of amides is 2. The van der Waals surface area contributed by atoms with E-state index in [9.17, 15) is 9.59 Å². The Labute approximate surface area is 133 Å². The molecular weight excluding hydrogens is 286 g/mol. The van der Waals surface area contributed by atoms with E-state index in [-0.39, 0.29) is 22.5 Å². The first-order valence-electron chi connectivity index (χ1n) is 7.74. The first kappa shape index (κ1) is 18.5. The summed E-state index contributed by atoms with van der Waals surface area (Å²) >= 11 is 1.59. The molecule has 1 aliphatic rings. The van der Waals surface area contributed by atoms with Crippen LogP contribution in [0.2, 0.25) is 0 Å². The summed E-state index contributed by atoms with van der Waals surface area (Å²) in [6.07, 6.45) is 1.28. The molecule has 0 bridgehead atoms. The predicted octanol–water partition coefficient (Wildman–Crippen LogP) is 2.96. The van der Waals surface area contributed by atoms with Crippen molar-refractivity contribution < 1.29 is 14.3 Å². The van der Waals surface area contributed by atoms with E-state index in [1.165, 1.54) is 4.90 Å². The molecule has 0 aromatic carbocycles. The summed E-state index contributed by atoms with van der Waals surface area (Å²) in [4.78, 5) is 25.6. The fourth-order valence-electron chi connectivity index (χ4n) is 2.13. The average Bonchev–Trinajstić information content (AvgIpc) is 2.59. The number of ether oxygens (including phenoxy) is 1. The first-order chi connectivity index (χ1) is 9.70. The fraction of sp³-hybridized carbons (Fsp3) is 0.875.